The maximum absolute atomic E-state index is 11.9. The lowest BCUT2D eigenvalue weighted by molar-refractivity contribution is -0.415. The molecule has 0 fully saturated rings. The highest BCUT2D eigenvalue weighted by molar-refractivity contribution is 6.03. The monoisotopic (exact) mass is 440 g/mol. The molecule has 0 saturated carbocycles. The van der Waals surface area contributed by atoms with Gasteiger partial charge in [0.15, 0.2) is 0 Å². The van der Waals surface area contributed by atoms with Crippen molar-refractivity contribution in [2.24, 2.45) is 0 Å². The third kappa shape index (κ3) is 10.0. The number of hydrogen-bond donors (Lipinski definition) is 6. The Morgan fingerprint density at radius 3 is 2.48 bits per heavy atom. The minimum absolute atomic E-state index is 0.111. The molecule has 1 aliphatic carbocycles. The number of hydrogen-bond acceptors (Lipinski definition) is 9. The van der Waals surface area contributed by atoms with Crippen molar-refractivity contribution in [1.82, 2.24) is 21.4 Å². The lowest BCUT2D eigenvalue weighted by Crippen LogP contribution is -2.45. The number of hydroxylamine groups is 1. The van der Waals surface area contributed by atoms with Gasteiger partial charge in [0.25, 0.3) is 5.70 Å². The molecule has 6 N–H and O–H groups in total. The number of rotatable bonds is 12. The van der Waals surface area contributed by atoms with Gasteiger partial charge in [0.1, 0.15) is 17.4 Å². The molecule has 1 rings (SSSR count). The van der Waals surface area contributed by atoms with Crippen LogP contribution < -0.4 is 21.4 Å². The first kappa shape index (κ1) is 26.0. The summed E-state index contributed by atoms with van der Waals surface area (Å²) in [6.07, 6.45) is 4.71. The molecule has 174 valence electrons. The third-order valence-electron chi connectivity index (χ3n) is 4.15. The molecular weight excluding hydrogens is 408 g/mol. The number of nitrogens with zero attached hydrogens (tertiary/aromatic N) is 1. The molecule has 0 aromatic heterocycles. The van der Waals surface area contributed by atoms with Crippen molar-refractivity contribution in [3.05, 3.63) is 33.7 Å². The minimum Gasteiger partial charge on any atom is -0.444 e. The molecule has 0 aliphatic heterocycles. The summed E-state index contributed by atoms with van der Waals surface area (Å²) >= 11 is 0. The smallest absolute Gasteiger partial charge is 0.407 e. The van der Waals surface area contributed by atoms with E-state index in [1.807, 2.05) is 5.48 Å². The Hall–Kier alpha value is -2.99. The van der Waals surface area contributed by atoms with Crippen LogP contribution in [0, 0.1) is 15.5 Å². The molecule has 0 bridgehead atoms. The lowest BCUT2D eigenvalue weighted by atomic mass is 10.0. The van der Waals surface area contributed by atoms with E-state index < -0.39 is 28.4 Å². The van der Waals surface area contributed by atoms with Crippen LogP contribution in [0.15, 0.2) is 23.5 Å². The van der Waals surface area contributed by atoms with Crippen molar-refractivity contribution >= 4 is 17.7 Å². The van der Waals surface area contributed by atoms with E-state index in [1.54, 1.807) is 20.8 Å². The fraction of sp³-hybridized carbons (Fsp3) is 0.632. The number of alkyl carbamates (subject to hydrolysis) is 1. The third-order valence-corrected chi connectivity index (χ3v) is 4.15. The molecule has 2 amide bonds. The van der Waals surface area contributed by atoms with Crippen molar-refractivity contribution < 1.29 is 24.5 Å². The van der Waals surface area contributed by atoms with E-state index in [0.29, 0.717) is 38.2 Å². The summed E-state index contributed by atoms with van der Waals surface area (Å²) in [4.78, 5) is 33.5. The average molecular weight is 441 g/mol. The van der Waals surface area contributed by atoms with Crippen LogP contribution in [0.25, 0.3) is 0 Å². The predicted octanol–water partition coefficient (Wildman–Crippen LogP) is 1.20. The van der Waals surface area contributed by atoms with Crippen LogP contribution in [0.4, 0.5) is 4.79 Å². The van der Waals surface area contributed by atoms with Crippen molar-refractivity contribution in [3.63, 3.8) is 0 Å². The minimum atomic E-state index is -1.03. The van der Waals surface area contributed by atoms with Crippen LogP contribution in [0.1, 0.15) is 46.5 Å². The van der Waals surface area contributed by atoms with Gasteiger partial charge in [-0.1, -0.05) is 6.42 Å². The Balaban J connectivity index is 2.18. The van der Waals surface area contributed by atoms with E-state index >= 15 is 0 Å². The van der Waals surface area contributed by atoms with E-state index in [2.05, 4.69) is 16.0 Å². The number of carbonyl (C=O) groups is 2. The van der Waals surface area contributed by atoms with Crippen LogP contribution in [-0.2, 0) is 9.53 Å². The van der Waals surface area contributed by atoms with Gasteiger partial charge in [-0.3, -0.25) is 20.3 Å². The van der Waals surface area contributed by atoms with Crippen LogP contribution in [0.5, 0.6) is 0 Å². The summed E-state index contributed by atoms with van der Waals surface area (Å²) in [6, 6.07) is -1.03. The zero-order chi connectivity index (χ0) is 23.4. The van der Waals surface area contributed by atoms with Gasteiger partial charge >= 0.3 is 6.09 Å². The standard InChI is InChI=1S/C19H32N6O6/c1-19(2,3)31-18(27)23-10-6-4-5-7-15(26)22-12-11-21-13-8-9-14(25(29)30)16(20)17(13)24-28/h8-9,17,20-21,24,28H,4-7,10-12H2,1-3H3,(H,22,26)(H,23,27). The highest BCUT2D eigenvalue weighted by atomic mass is 16.6. The van der Waals surface area contributed by atoms with E-state index in [0.717, 1.165) is 12.8 Å². The number of amides is 2. The van der Waals surface area contributed by atoms with Crippen LogP contribution in [-0.4, -0.2) is 59.1 Å². The topological polar surface area (TPSA) is 179 Å². The summed E-state index contributed by atoms with van der Waals surface area (Å²) in [5.41, 5.74) is 0.986. The molecule has 1 aliphatic rings. The molecule has 0 saturated heterocycles. The first-order valence-electron chi connectivity index (χ1n) is 10.1. The van der Waals surface area contributed by atoms with Gasteiger partial charge in [-0.05, 0) is 39.7 Å². The van der Waals surface area contributed by atoms with Gasteiger partial charge in [0.05, 0.1) is 4.92 Å². The molecule has 0 aromatic carbocycles. The molecule has 1 atom stereocenters. The Morgan fingerprint density at radius 1 is 1.16 bits per heavy atom. The first-order valence-corrected chi connectivity index (χ1v) is 10.1. The average Bonchev–Trinajstić information content (AvgIpc) is 2.66. The van der Waals surface area contributed by atoms with Crippen LogP contribution in [0.3, 0.4) is 0 Å². The maximum Gasteiger partial charge on any atom is 0.407 e. The zero-order valence-electron chi connectivity index (χ0n) is 18.1. The summed E-state index contributed by atoms with van der Waals surface area (Å²) in [6.45, 7) is 6.50. The van der Waals surface area contributed by atoms with E-state index in [9.17, 15) is 24.9 Å². The summed E-state index contributed by atoms with van der Waals surface area (Å²) in [7, 11) is 0. The highest BCUT2D eigenvalue weighted by Gasteiger charge is 2.31. The molecule has 31 heavy (non-hydrogen) atoms. The molecule has 0 spiro atoms. The second-order valence-corrected chi connectivity index (χ2v) is 7.92. The van der Waals surface area contributed by atoms with Crippen molar-refractivity contribution in [2.75, 3.05) is 19.6 Å². The van der Waals surface area contributed by atoms with Crippen molar-refractivity contribution in [2.45, 2.75) is 58.1 Å². The van der Waals surface area contributed by atoms with E-state index in [1.165, 1.54) is 12.2 Å². The number of nitrogens with one attached hydrogen (secondary N) is 5. The Morgan fingerprint density at radius 2 is 1.87 bits per heavy atom. The van der Waals surface area contributed by atoms with Gasteiger partial charge < -0.3 is 25.9 Å². The maximum atomic E-state index is 11.9. The number of nitro groups is 1. The Bertz CT molecular complexity index is 728. The highest BCUT2D eigenvalue weighted by Crippen LogP contribution is 2.14. The van der Waals surface area contributed by atoms with Gasteiger partial charge in [-0.15, -0.1) is 0 Å². The SMILES string of the molecule is CC(C)(C)OC(=O)NCCCCCC(=O)NCCNC1=CC=C([N+](=O)[O-])C(=N)C1NO. The molecule has 0 heterocycles. The van der Waals surface area contributed by atoms with Gasteiger partial charge in [-0.25, -0.2) is 4.79 Å². The van der Waals surface area contributed by atoms with Crippen LogP contribution in [0.2, 0.25) is 0 Å². The quantitative estimate of drug-likeness (QED) is 0.149. The second kappa shape index (κ2) is 12.6. The molecule has 12 nitrogen and oxygen atoms in total. The van der Waals surface area contributed by atoms with Gasteiger partial charge in [0, 0.05) is 37.8 Å². The summed E-state index contributed by atoms with van der Waals surface area (Å²) in [5.74, 6) is -0.111. The second-order valence-electron chi connectivity index (χ2n) is 7.92. The zero-order valence-corrected chi connectivity index (χ0v) is 18.1. The normalized spacial score (nSPS) is 16.1. The Labute approximate surface area is 181 Å². The molecule has 0 aromatic rings. The lowest BCUT2D eigenvalue weighted by Gasteiger charge is -2.22. The number of allylic oxidation sites excluding steroid dienone is 2. The fourth-order valence-corrected chi connectivity index (χ4v) is 2.70. The number of ether oxygens (including phenoxy) is 1. The van der Waals surface area contributed by atoms with Gasteiger partial charge in [-0.2, -0.15) is 5.48 Å². The number of carbonyl (C=O) groups excluding carboxylic acids is 2. The largest absolute Gasteiger partial charge is 0.444 e. The molecule has 0 radical (unpaired) electrons. The Kier molecular flexibility index (Phi) is 10.6. The number of unbranched alkanes of at least 4 members (excludes halogenated alkanes) is 2. The predicted molar refractivity (Wildman–Crippen MR) is 113 cm³/mol. The van der Waals surface area contributed by atoms with Crippen LogP contribution >= 0.6 is 0 Å². The first-order chi connectivity index (χ1) is 14.5. The summed E-state index contributed by atoms with van der Waals surface area (Å²) in [5, 5.41) is 36.2. The molecule has 1 unspecified atom stereocenters. The van der Waals surface area contributed by atoms with E-state index in [4.69, 9.17) is 10.1 Å². The van der Waals surface area contributed by atoms with Gasteiger partial charge in [0.2, 0.25) is 5.91 Å². The molecule has 12 heteroatoms. The summed E-state index contributed by atoms with van der Waals surface area (Å²) < 4.78 is 5.13. The van der Waals surface area contributed by atoms with Crippen molar-refractivity contribution in [1.29, 1.82) is 5.41 Å². The fourth-order valence-electron chi connectivity index (χ4n) is 2.70. The van der Waals surface area contributed by atoms with Crippen molar-refractivity contribution in [3.8, 4) is 0 Å². The van der Waals surface area contributed by atoms with E-state index in [-0.39, 0.29) is 11.6 Å². The molecular formula is C19H32N6O6.